The summed E-state index contributed by atoms with van der Waals surface area (Å²) in [6.07, 6.45) is 10.9. The fraction of sp³-hybridized carbons (Fsp3) is 0.833. The van der Waals surface area contributed by atoms with Crippen molar-refractivity contribution in [1.82, 2.24) is 45.3 Å². The average molecular weight is 293 g/mol. The monoisotopic (exact) mass is 293 g/mol. The Morgan fingerprint density at radius 3 is 1.90 bits per heavy atom. The van der Waals surface area contributed by atoms with E-state index in [0.29, 0.717) is 13.3 Å². The predicted octanol–water partition coefficient (Wildman–Crippen LogP) is 0.937. The van der Waals surface area contributed by atoms with Gasteiger partial charge in [-0.1, -0.05) is 39.0 Å². The van der Waals surface area contributed by atoms with Crippen LogP contribution in [-0.2, 0) is 13.3 Å². The van der Waals surface area contributed by atoms with Gasteiger partial charge in [0.1, 0.15) is 12.7 Å². The minimum atomic E-state index is 0.641. The lowest BCUT2D eigenvalue weighted by Crippen LogP contribution is -2.30. The smallest absolute Gasteiger partial charge is 0.139 e. The zero-order valence-electron chi connectivity index (χ0n) is 12.5. The normalized spacial score (nSPS) is 11.3. The van der Waals surface area contributed by atoms with Crippen LogP contribution in [0.15, 0.2) is 12.7 Å². The summed E-state index contributed by atoms with van der Waals surface area (Å²) in [4.78, 5) is 2.23. The highest BCUT2D eigenvalue weighted by Gasteiger charge is 2.08. The van der Waals surface area contributed by atoms with Crippen LogP contribution in [0.4, 0.5) is 0 Å². The van der Waals surface area contributed by atoms with Gasteiger partial charge >= 0.3 is 0 Å². The molecule has 2 rings (SSSR count). The van der Waals surface area contributed by atoms with E-state index in [-0.39, 0.29) is 0 Å². The quantitative estimate of drug-likeness (QED) is 0.569. The summed E-state index contributed by atoms with van der Waals surface area (Å²) >= 11 is 0. The van der Waals surface area contributed by atoms with Crippen molar-refractivity contribution in [3.05, 3.63) is 12.7 Å². The third-order valence-corrected chi connectivity index (χ3v) is 3.30. The molecule has 0 aliphatic heterocycles. The van der Waals surface area contributed by atoms with Crippen LogP contribution < -0.4 is 0 Å². The third kappa shape index (κ3) is 5.94. The zero-order chi connectivity index (χ0) is 14.8. The molecule has 0 fully saturated rings. The molecule has 0 spiro atoms. The van der Waals surface area contributed by atoms with Gasteiger partial charge in [-0.2, -0.15) is 0 Å². The molecule has 0 bridgehead atoms. The van der Waals surface area contributed by atoms with Crippen molar-refractivity contribution < 1.29 is 0 Å². The van der Waals surface area contributed by atoms with Gasteiger partial charge < -0.3 is 0 Å². The van der Waals surface area contributed by atoms with Gasteiger partial charge in [-0.05, 0) is 27.3 Å². The van der Waals surface area contributed by atoms with Gasteiger partial charge in [0.25, 0.3) is 0 Å². The van der Waals surface area contributed by atoms with E-state index in [0.717, 1.165) is 13.0 Å². The minimum Gasteiger partial charge on any atom is -0.265 e. The molecule has 0 aliphatic rings. The van der Waals surface area contributed by atoms with Gasteiger partial charge in [0.15, 0.2) is 0 Å². The number of tetrazole rings is 2. The van der Waals surface area contributed by atoms with Gasteiger partial charge in [0.05, 0.1) is 13.3 Å². The molecular formula is C12H23N9. The topological polar surface area (TPSA) is 90.4 Å². The Hall–Kier alpha value is -1.90. The van der Waals surface area contributed by atoms with Crippen LogP contribution in [0, 0.1) is 0 Å². The van der Waals surface area contributed by atoms with E-state index >= 15 is 0 Å². The first-order valence-electron chi connectivity index (χ1n) is 7.52. The van der Waals surface area contributed by atoms with Crippen LogP contribution in [0.5, 0.6) is 0 Å². The number of nitrogens with zero attached hydrogens (tertiary/aromatic N) is 9. The second kappa shape index (κ2) is 9.11. The number of unbranched alkanes of at least 4 members (excludes halogenated alkanes) is 5. The highest BCUT2D eigenvalue weighted by molar-refractivity contribution is 4.56. The molecule has 2 aromatic rings. The molecule has 0 saturated heterocycles. The predicted molar refractivity (Wildman–Crippen MR) is 75.7 cm³/mol. The fourth-order valence-electron chi connectivity index (χ4n) is 2.20. The standard InChI is InChI=1S/C12H23N9/c1-2-3-4-5-6-7-8-19(11-20-9-13-15-17-20)12-21-10-14-16-18-21/h9-10H,2-8,11-12H2,1H3. The second-order valence-corrected chi connectivity index (χ2v) is 5.14. The number of hydrogen-bond acceptors (Lipinski definition) is 7. The number of rotatable bonds is 11. The Kier molecular flexibility index (Phi) is 6.72. The van der Waals surface area contributed by atoms with Crippen LogP contribution in [0.3, 0.4) is 0 Å². The van der Waals surface area contributed by atoms with E-state index in [1.807, 2.05) is 0 Å². The van der Waals surface area contributed by atoms with Crippen molar-refractivity contribution in [1.29, 1.82) is 0 Å². The Morgan fingerprint density at radius 2 is 1.38 bits per heavy atom. The molecule has 0 amide bonds. The molecule has 9 heteroatoms. The van der Waals surface area contributed by atoms with Crippen LogP contribution in [0.1, 0.15) is 45.4 Å². The van der Waals surface area contributed by atoms with Crippen LogP contribution in [0.2, 0.25) is 0 Å². The molecule has 0 N–H and O–H groups in total. The highest BCUT2D eigenvalue weighted by Crippen LogP contribution is 2.07. The van der Waals surface area contributed by atoms with Crippen molar-refractivity contribution >= 4 is 0 Å². The van der Waals surface area contributed by atoms with Gasteiger partial charge in [-0.15, -0.1) is 10.2 Å². The summed E-state index contributed by atoms with van der Waals surface area (Å²) in [5.74, 6) is 0. The van der Waals surface area contributed by atoms with E-state index in [1.165, 1.54) is 32.1 Å². The van der Waals surface area contributed by atoms with E-state index in [2.05, 4.69) is 42.9 Å². The SMILES string of the molecule is CCCCCCCCN(Cn1cnnn1)Cn1cnnn1. The fourth-order valence-corrected chi connectivity index (χ4v) is 2.20. The molecule has 21 heavy (non-hydrogen) atoms. The molecule has 0 unspecified atom stereocenters. The number of hydrogen-bond donors (Lipinski definition) is 0. The summed E-state index contributed by atoms with van der Waals surface area (Å²) in [6.45, 7) is 4.50. The first kappa shape index (κ1) is 15.5. The lowest BCUT2D eigenvalue weighted by molar-refractivity contribution is 0.147. The maximum Gasteiger partial charge on any atom is 0.139 e. The summed E-state index contributed by atoms with van der Waals surface area (Å²) in [5, 5.41) is 22.5. The zero-order valence-corrected chi connectivity index (χ0v) is 12.5. The van der Waals surface area contributed by atoms with E-state index in [9.17, 15) is 0 Å². The van der Waals surface area contributed by atoms with Gasteiger partial charge in [-0.3, -0.25) is 4.90 Å². The van der Waals surface area contributed by atoms with E-state index in [4.69, 9.17) is 0 Å². The van der Waals surface area contributed by atoms with Gasteiger partial charge in [-0.25, -0.2) is 9.36 Å². The van der Waals surface area contributed by atoms with Gasteiger partial charge in [0.2, 0.25) is 0 Å². The Bertz CT molecular complexity index is 417. The lowest BCUT2D eigenvalue weighted by Gasteiger charge is -2.20. The van der Waals surface area contributed by atoms with Crippen molar-refractivity contribution in [3.63, 3.8) is 0 Å². The van der Waals surface area contributed by atoms with Crippen LogP contribution >= 0.6 is 0 Å². The molecule has 0 aromatic carbocycles. The van der Waals surface area contributed by atoms with Gasteiger partial charge in [0, 0.05) is 6.54 Å². The molecule has 0 aliphatic carbocycles. The molecule has 0 saturated carbocycles. The minimum absolute atomic E-state index is 0.641. The molecule has 2 heterocycles. The van der Waals surface area contributed by atoms with Crippen LogP contribution in [0.25, 0.3) is 0 Å². The summed E-state index contributed by atoms with van der Waals surface area (Å²) < 4.78 is 3.42. The third-order valence-electron chi connectivity index (χ3n) is 3.30. The second-order valence-electron chi connectivity index (χ2n) is 5.14. The van der Waals surface area contributed by atoms with E-state index < -0.39 is 0 Å². The summed E-state index contributed by atoms with van der Waals surface area (Å²) in [6, 6.07) is 0. The maximum atomic E-state index is 3.91. The van der Waals surface area contributed by atoms with Crippen LogP contribution in [-0.4, -0.2) is 51.9 Å². The first-order valence-corrected chi connectivity index (χ1v) is 7.52. The average Bonchev–Trinajstić information content (AvgIpc) is 3.16. The van der Waals surface area contributed by atoms with Crippen molar-refractivity contribution in [2.45, 2.75) is 58.8 Å². The molecule has 0 radical (unpaired) electrons. The largest absolute Gasteiger partial charge is 0.265 e. The van der Waals surface area contributed by atoms with Crippen molar-refractivity contribution in [3.8, 4) is 0 Å². The van der Waals surface area contributed by atoms with Crippen molar-refractivity contribution in [2.24, 2.45) is 0 Å². The molecule has 2 aromatic heterocycles. The maximum absolute atomic E-state index is 3.91. The van der Waals surface area contributed by atoms with Crippen molar-refractivity contribution in [2.75, 3.05) is 6.54 Å². The lowest BCUT2D eigenvalue weighted by atomic mass is 10.1. The Balaban J connectivity index is 1.75. The number of aromatic nitrogens is 8. The molecule has 0 atom stereocenters. The molecule has 116 valence electrons. The summed E-state index contributed by atoms with van der Waals surface area (Å²) in [5.41, 5.74) is 0. The Morgan fingerprint density at radius 1 is 0.810 bits per heavy atom. The summed E-state index contributed by atoms with van der Waals surface area (Å²) in [7, 11) is 0. The molecule has 9 nitrogen and oxygen atoms in total. The highest BCUT2D eigenvalue weighted by atomic mass is 15.6. The van der Waals surface area contributed by atoms with E-state index in [1.54, 1.807) is 22.0 Å². The first-order chi connectivity index (χ1) is 10.4. The Labute approximate surface area is 124 Å². The molecular weight excluding hydrogens is 270 g/mol.